The van der Waals surface area contributed by atoms with Crippen LogP contribution in [0.2, 0.25) is 0 Å². The van der Waals surface area contributed by atoms with Crippen molar-refractivity contribution in [2.45, 2.75) is 33.2 Å². The Bertz CT molecular complexity index is 995. The largest absolute Gasteiger partial charge is 0.507 e. The smallest absolute Gasteiger partial charge is 0.295 e. The first kappa shape index (κ1) is 22.4. The van der Waals surface area contributed by atoms with Gasteiger partial charge in [-0.3, -0.25) is 9.59 Å². The van der Waals surface area contributed by atoms with Crippen molar-refractivity contribution in [3.8, 4) is 11.5 Å². The number of ketones is 1. The van der Waals surface area contributed by atoms with Crippen LogP contribution < -0.4 is 9.47 Å². The van der Waals surface area contributed by atoms with Gasteiger partial charge in [0.2, 0.25) is 0 Å². The van der Waals surface area contributed by atoms with E-state index in [1.165, 1.54) is 12.0 Å². The summed E-state index contributed by atoms with van der Waals surface area (Å²) in [5.41, 5.74) is 1.22. The van der Waals surface area contributed by atoms with Crippen LogP contribution in [-0.2, 0) is 9.59 Å². The summed E-state index contributed by atoms with van der Waals surface area (Å²) in [7, 11) is 1.53. The number of aliphatic hydroxyl groups excluding tert-OH is 1. The van der Waals surface area contributed by atoms with Gasteiger partial charge in [-0.2, -0.15) is 0 Å². The molecule has 0 spiro atoms. The zero-order chi connectivity index (χ0) is 22.5. The number of benzene rings is 2. The number of methoxy groups -OCH3 is 1. The van der Waals surface area contributed by atoms with Crippen molar-refractivity contribution >= 4 is 17.4 Å². The monoisotopic (exact) mass is 423 g/mol. The maximum Gasteiger partial charge on any atom is 0.295 e. The van der Waals surface area contributed by atoms with Gasteiger partial charge in [-0.1, -0.05) is 45.0 Å². The average Bonchev–Trinajstić information content (AvgIpc) is 3.02. The molecule has 1 saturated heterocycles. The molecular weight excluding hydrogens is 394 g/mol. The van der Waals surface area contributed by atoms with Crippen LogP contribution in [0.1, 0.15) is 44.4 Å². The molecule has 0 aliphatic carbocycles. The molecule has 2 aromatic rings. The number of rotatable bonds is 8. The molecule has 0 saturated carbocycles. The molecule has 1 unspecified atom stereocenters. The molecule has 1 atom stereocenters. The van der Waals surface area contributed by atoms with E-state index in [1.807, 2.05) is 31.2 Å². The van der Waals surface area contributed by atoms with E-state index < -0.39 is 17.7 Å². The molecule has 1 fully saturated rings. The van der Waals surface area contributed by atoms with E-state index in [2.05, 4.69) is 13.8 Å². The summed E-state index contributed by atoms with van der Waals surface area (Å²) in [6.45, 7) is 7.03. The van der Waals surface area contributed by atoms with Gasteiger partial charge in [0.1, 0.15) is 17.3 Å². The predicted octanol–water partition coefficient (Wildman–Crippen LogP) is 4.56. The first-order valence-corrected chi connectivity index (χ1v) is 10.5. The van der Waals surface area contributed by atoms with E-state index in [0.717, 1.165) is 5.56 Å². The van der Waals surface area contributed by atoms with E-state index in [0.29, 0.717) is 42.6 Å². The maximum absolute atomic E-state index is 13.0. The molecular formula is C25H29NO5. The number of carbonyl (C=O) groups excluding carboxylic acids is 2. The number of Topliss-reactive ketones (excluding diaryl/α,β-unsaturated/α-hetero) is 1. The van der Waals surface area contributed by atoms with Crippen LogP contribution in [-0.4, -0.2) is 42.0 Å². The van der Waals surface area contributed by atoms with Gasteiger partial charge in [0.25, 0.3) is 11.7 Å². The summed E-state index contributed by atoms with van der Waals surface area (Å²) in [6.07, 6.45) is 0.687. The van der Waals surface area contributed by atoms with Crippen LogP contribution in [0.25, 0.3) is 5.76 Å². The van der Waals surface area contributed by atoms with E-state index in [-0.39, 0.29) is 11.3 Å². The maximum atomic E-state index is 13.0. The molecule has 0 aromatic heterocycles. The molecule has 3 rings (SSSR count). The van der Waals surface area contributed by atoms with Gasteiger partial charge in [0, 0.05) is 12.1 Å². The van der Waals surface area contributed by atoms with Gasteiger partial charge in [-0.25, -0.2) is 0 Å². The number of hydrogen-bond donors (Lipinski definition) is 1. The lowest BCUT2D eigenvalue weighted by molar-refractivity contribution is -0.139. The highest BCUT2D eigenvalue weighted by atomic mass is 16.5. The highest BCUT2D eigenvalue weighted by molar-refractivity contribution is 6.46. The zero-order valence-electron chi connectivity index (χ0n) is 18.4. The summed E-state index contributed by atoms with van der Waals surface area (Å²) in [5.74, 6) is 0.0657. The second-order valence-corrected chi connectivity index (χ2v) is 8.00. The van der Waals surface area contributed by atoms with Crippen molar-refractivity contribution in [1.82, 2.24) is 4.90 Å². The second kappa shape index (κ2) is 9.69. The van der Waals surface area contributed by atoms with Gasteiger partial charge in [-0.05, 0) is 42.2 Å². The molecule has 6 heteroatoms. The lowest BCUT2D eigenvalue weighted by Crippen LogP contribution is -2.30. The fourth-order valence-electron chi connectivity index (χ4n) is 3.66. The van der Waals surface area contributed by atoms with Crippen LogP contribution in [0.3, 0.4) is 0 Å². The van der Waals surface area contributed by atoms with Crippen LogP contribution >= 0.6 is 0 Å². The van der Waals surface area contributed by atoms with E-state index in [4.69, 9.17) is 9.47 Å². The summed E-state index contributed by atoms with van der Waals surface area (Å²) in [4.78, 5) is 27.3. The van der Waals surface area contributed by atoms with Gasteiger partial charge in [0.05, 0.1) is 25.3 Å². The molecule has 2 aromatic carbocycles. The number of aliphatic hydroxyl groups is 1. The lowest BCUT2D eigenvalue weighted by Gasteiger charge is -2.25. The minimum absolute atomic E-state index is 0.0766. The van der Waals surface area contributed by atoms with Gasteiger partial charge < -0.3 is 19.5 Å². The number of carbonyl (C=O) groups is 2. The number of hydrogen-bond acceptors (Lipinski definition) is 5. The van der Waals surface area contributed by atoms with Crippen molar-refractivity contribution in [3.63, 3.8) is 0 Å². The summed E-state index contributed by atoms with van der Waals surface area (Å²) >= 11 is 0. The third-order valence-corrected chi connectivity index (χ3v) is 5.10. The van der Waals surface area contributed by atoms with Gasteiger partial charge >= 0.3 is 0 Å². The first-order valence-electron chi connectivity index (χ1n) is 10.5. The van der Waals surface area contributed by atoms with Crippen LogP contribution in [0.4, 0.5) is 0 Å². The van der Waals surface area contributed by atoms with Crippen LogP contribution in [0.15, 0.2) is 54.1 Å². The highest BCUT2D eigenvalue weighted by Gasteiger charge is 2.45. The van der Waals surface area contributed by atoms with Crippen LogP contribution in [0, 0.1) is 5.92 Å². The fraction of sp³-hybridized carbons (Fsp3) is 0.360. The predicted molar refractivity (Wildman–Crippen MR) is 119 cm³/mol. The molecule has 1 N–H and O–H groups in total. The van der Waals surface area contributed by atoms with Crippen molar-refractivity contribution in [3.05, 3.63) is 65.2 Å². The summed E-state index contributed by atoms with van der Waals surface area (Å²) < 4.78 is 11.1. The molecule has 0 radical (unpaired) electrons. The van der Waals surface area contributed by atoms with E-state index >= 15 is 0 Å². The highest BCUT2D eigenvalue weighted by Crippen LogP contribution is 2.40. The molecule has 164 valence electrons. The third-order valence-electron chi connectivity index (χ3n) is 5.10. The van der Waals surface area contributed by atoms with Gasteiger partial charge in [0.15, 0.2) is 0 Å². The summed E-state index contributed by atoms with van der Waals surface area (Å²) in [5, 5.41) is 11.1. The Labute approximate surface area is 183 Å². The van der Waals surface area contributed by atoms with E-state index in [9.17, 15) is 14.7 Å². The Morgan fingerprint density at radius 1 is 1.10 bits per heavy atom. The molecule has 31 heavy (non-hydrogen) atoms. The Morgan fingerprint density at radius 3 is 2.48 bits per heavy atom. The number of nitrogens with zero attached hydrogens (tertiary/aromatic N) is 1. The normalized spacial score (nSPS) is 18.0. The van der Waals surface area contributed by atoms with Crippen LogP contribution in [0.5, 0.6) is 11.5 Å². The standard InChI is InChI=1S/C25H29NO5/c1-5-12-26-22(17-8-6-11-20(13-17)31-15-16(2)3)21(24(28)25(26)29)23(27)18-9-7-10-19(14-18)30-4/h6-11,13-14,16,22,27H,5,12,15H2,1-4H3/b23-21-. The van der Waals surface area contributed by atoms with Crippen molar-refractivity contribution in [2.75, 3.05) is 20.3 Å². The molecule has 1 amide bonds. The van der Waals surface area contributed by atoms with Crippen molar-refractivity contribution in [2.24, 2.45) is 5.92 Å². The SMILES string of the molecule is CCCN1C(=O)C(=O)/C(=C(\O)c2cccc(OC)c2)C1c1cccc(OCC(C)C)c1. The molecule has 0 bridgehead atoms. The third kappa shape index (κ3) is 4.74. The van der Waals surface area contributed by atoms with Gasteiger partial charge in [-0.15, -0.1) is 0 Å². The summed E-state index contributed by atoms with van der Waals surface area (Å²) in [6, 6.07) is 13.5. The average molecular weight is 424 g/mol. The molecule has 1 aliphatic rings. The second-order valence-electron chi connectivity index (χ2n) is 8.00. The zero-order valence-corrected chi connectivity index (χ0v) is 18.4. The minimum atomic E-state index is -0.688. The quantitative estimate of drug-likeness (QED) is 0.383. The Hall–Kier alpha value is -3.28. The number of likely N-dealkylation sites (tertiary alicyclic amines) is 1. The molecule has 1 aliphatic heterocycles. The Kier molecular flexibility index (Phi) is 7.00. The minimum Gasteiger partial charge on any atom is -0.507 e. The fourth-order valence-corrected chi connectivity index (χ4v) is 3.66. The first-order chi connectivity index (χ1) is 14.9. The Morgan fingerprint density at radius 2 is 1.81 bits per heavy atom. The van der Waals surface area contributed by atoms with Crippen molar-refractivity contribution < 1.29 is 24.2 Å². The molecule has 6 nitrogen and oxygen atoms in total. The lowest BCUT2D eigenvalue weighted by atomic mass is 9.95. The number of amides is 1. The number of ether oxygens (including phenoxy) is 2. The topological polar surface area (TPSA) is 76.1 Å². The van der Waals surface area contributed by atoms with Crippen molar-refractivity contribution in [1.29, 1.82) is 0 Å². The molecule has 1 heterocycles. The Balaban J connectivity index is 2.11. The van der Waals surface area contributed by atoms with E-state index in [1.54, 1.807) is 24.3 Å².